The highest BCUT2D eigenvalue weighted by molar-refractivity contribution is 6.99. The fourth-order valence-electron chi connectivity index (χ4n) is 3.95. The standard InChI is InChI=1S/C22H30O3Si/c1-22(2,3)26(18-11-6-4-7-12-18,19-13-8-5-9-14-19)25-17-21-20(23)15-10-16-24-21/h4-9,11-14,20-21,23H,10,15-17H2,1-3H3/t20-,21+/m0/s1. The second kappa shape index (κ2) is 8.05. The van der Waals surface area contributed by atoms with E-state index < -0.39 is 14.4 Å². The number of hydrogen-bond acceptors (Lipinski definition) is 3. The number of aliphatic hydroxyl groups is 1. The molecule has 1 saturated heterocycles. The average molecular weight is 371 g/mol. The van der Waals surface area contributed by atoms with Gasteiger partial charge in [-0.05, 0) is 28.3 Å². The molecule has 1 fully saturated rings. The van der Waals surface area contributed by atoms with Crippen molar-refractivity contribution in [2.45, 2.75) is 50.9 Å². The first-order valence-electron chi connectivity index (χ1n) is 9.50. The molecule has 0 spiro atoms. The molecule has 1 aliphatic heterocycles. The zero-order valence-electron chi connectivity index (χ0n) is 16.0. The minimum absolute atomic E-state index is 0.0602. The Morgan fingerprint density at radius 3 is 2.00 bits per heavy atom. The molecule has 3 nitrogen and oxygen atoms in total. The van der Waals surface area contributed by atoms with E-state index in [-0.39, 0.29) is 11.1 Å². The lowest BCUT2D eigenvalue weighted by atomic mass is 10.1. The molecule has 3 rings (SSSR count). The van der Waals surface area contributed by atoms with Crippen molar-refractivity contribution >= 4 is 18.7 Å². The zero-order valence-corrected chi connectivity index (χ0v) is 17.0. The van der Waals surface area contributed by atoms with Crippen LogP contribution in [0.15, 0.2) is 60.7 Å². The van der Waals surface area contributed by atoms with E-state index >= 15 is 0 Å². The van der Waals surface area contributed by atoms with Gasteiger partial charge in [0.25, 0.3) is 8.32 Å². The van der Waals surface area contributed by atoms with Crippen LogP contribution >= 0.6 is 0 Å². The molecule has 2 aromatic carbocycles. The van der Waals surface area contributed by atoms with Gasteiger partial charge in [-0.15, -0.1) is 0 Å². The van der Waals surface area contributed by atoms with Crippen LogP contribution in [-0.4, -0.2) is 38.8 Å². The summed E-state index contributed by atoms with van der Waals surface area (Å²) < 4.78 is 12.6. The van der Waals surface area contributed by atoms with E-state index in [4.69, 9.17) is 9.16 Å². The van der Waals surface area contributed by atoms with Gasteiger partial charge < -0.3 is 14.3 Å². The molecular weight excluding hydrogens is 340 g/mol. The summed E-state index contributed by atoms with van der Waals surface area (Å²) in [6, 6.07) is 21.2. The first kappa shape index (κ1) is 19.3. The van der Waals surface area contributed by atoms with Gasteiger partial charge in [-0.2, -0.15) is 0 Å². The summed E-state index contributed by atoms with van der Waals surface area (Å²) in [4.78, 5) is 0. The Balaban J connectivity index is 2.02. The molecule has 0 radical (unpaired) electrons. The fraction of sp³-hybridized carbons (Fsp3) is 0.455. The smallest absolute Gasteiger partial charge is 0.261 e. The molecule has 2 aromatic rings. The molecule has 140 valence electrons. The predicted molar refractivity (Wildman–Crippen MR) is 109 cm³/mol. The molecule has 1 heterocycles. The molecule has 4 heteroatoms. The number of rotatable bonds is 5. The lowest BCUT2D eigenvalue weighted by Gasteiger charge is -2.44. The van der Waals surface area contributed by atoms with Gasteiger partial charge in [0.2, 0.25) is 0 Å². The summed E-state index contributed by atoms with van der Waals surface area (Å²) in [5.74, 6) is 0. The predicted octanol–water partition coefficient (Wildman–Crippen LogP) is 3.10. The molecule has 0 unspecified atom stereocenters. The van der Waals surface area contributed by atoms with Crippen molar-refractivity contribution in [3.63, 3.8) is 0 Å². The van der Waals surface area contributed by atoms with E-state index in [2.05, 4.69) is 69.3 Å². The van der Waals surface area contributed by atoms with Gasteiger partial charge >= 0.3 is 0 Å². The van der Waals surface area contributed by atoms with Crippen molar-refractivity contribution < 1.29 is 14.3 Å². The van der Waals surface area contributed by atoms with Crippen LogP contribution in [-0.2, 0) is 9.16 Å². The van der Waals surface area contributed by atoms with Crippen LogP contribution in [0.1, 0.15) is 33.6 Å². The van der Waals surface area contributed by atoms with Crippen LogP contribution < -0.4 is 10.4 Å². The topological polar surface area (TPSA) is 38.7 Å². The van der Waals surface area contributed by atoms with E-state index in [1.807, 2.05) is 12.1 Å². The Bertz CT molecular complexity index is 642. The van der Waals surface area contributed by atoms with Gasteiger partial charge in [-0.3, -0.25) is 0 Å². The Labute approximate surface area is 158 Å². The van der Waals surface area contributed by atoms with Gasteiger partial charge in [0.1, 0.15) is 6.10 Å². The van der Waals surface area contributed by atoms with E-state index in [0.29, 0.717) is 13.2 Å². The maximum absolute atomic E-state index is 10.3. The normalized spacial score (nSPS) is 21.5. The second-order valence-corrected chi connectivity index (χ2v) is 12.4. The summed E-state index contributed by atoms with van der Waals surface area (Å²) in [5, 5.41) is 12.8. The highest BCUT2D eigenvalue weighted by Crippen LogP contribution is 2.37. The number of hydrogen-bond donors (Lipinski definition) is 1. The van der Waals surface area contributed by atoms with Crippen molar-refractivity contribution in [3.8, 4) is 0 Å². The Morgan fingerprint density at radius 1 is 1.00 bits per heavy atom. The lowest BCUT2D eigenvalue weighted by molar-refractivity contribution is -0.0914. The summed E-state index contributed by atoms with van der Waals surface area (Å²) in [6.45, 7) is 7.91. The molecule has 0 amide bonds. The van der Waals surface area contributed by atoms with E-state index in [1.54, 1.807) is 0 Å². The highest BCUT2D eigenvalue weighted by Gasteiger charge is 2.50. The summed E-state index contributed by atoms with van der Waals surface area (Å²) in [5.41, 5.74) is 0. The largest absolute Gasteiger partial charge is 0.405 e. The molecular formula is C22H30O3Si. The first-order chi connectivity index (χ1) is 12.4. The second-order valence-electron chi connectivity index (χ2n) is 8.09. The summed E-state index contributed by atoms with van der Waals surface area (Å²) >= 11 is 0. The molecule has 1 N–H and O–H groups in total. The van der Waals surface area contributed by atoms with Crippen LogP contribution in [0.3, 0.4) is 0 Å². The summed E-state index contributed by atoms with van der Waals surface area (Å²) in [7, 11) is -2.55. The molecule has 0 aliphatic carbocycles. The summed E-state index contributed by atoms with van der Waals surface area (Å²) in [6.07, 6.45) is 1.01. The van der Waals surface area contributed by atoms with Crippen molar-refractivity contribution in [1.82, 2.24) is 0 Å². The van der Waals surface area contributed by atoms with Crippen LogP contribution in [0, 0.1) is 0 Å². The molecule has 26 heavy (non-hydrogen) atoms. The molecule has 2 atom stereocenters. The van der Waals surface area contributed by atoms with Crippen molar-refractivity contribution in [2.75, 3.05) is 13.2 Å². The maximum atomic E-state index is 10.3. The fourth-order valence-corrected chi connectivity index (χ4v) is 8.52. The van der Waals surface area contributed by atoms with Gasteiger partial charge in [0.05, 0.1) is 12.7 Å². The third-order valence-electron chi connectivity index (χ3n) is 5.29. The van der Waals surface area contributed by atoms with Crippen LogP contribution in [0.2, 0.25) is 5.04 Å². The highest BCUT2D eigenvalue weighted by atomic mass is 28.4. The SMILES string of the molecule is CC(C)(C)[Si](OC[C@H]1OCCC[C@@H]1O)(c1ccccc1)c1ccccc1. The van der Waals surface area contributed by atoms with Crippen LogP contribution in [0.5, 0.6) is 0 Å². The molecule has 0 aromatic heterocycles. The van der Waals surface area contributed by atoms with E-state index in [0.717, 1.165) is 12.8 Å². The van der Waals surface area contributed by atoms with Crippen LogP contribution in [0.4, 0.5) is 0 Å². The van der Waals surface area contributed by atoms with E-state index in [1.165, 1.54) is 10.4 Å². The quantitative estimate of drug-likeness (QED) is 0.822. The van der Waals surface area contributed by atoms with Gasteiger partial charge in [-0.1, -0.05) is 81.4 Å². The van der Waals surface area contributed by atoms with Crippen molar-refractivity contribution in [2.24, 2.45) is 0 Å². The Hall–Kier alpha value is -1.46. The zero-order chi connectivity index (χ0) is 18.6. The average Bonchev–Trinajstić information content (AvgIpc) is 2.64. The van der Waals surface area contributed by atoms with Gasteiger partial charge in [0.15, 0.2) is 0 Å². The molecule has 0 bridgehead atoms. The molecule has 0 saturated carbocycles. The monoisotopic (exact) mass is 370 g/mol. The Morgan fingerprint density at radius 2 is 1.54 bits per heavy atom. The lowest BCUT2D eigenvalue weighted by Crippen LogP contribution is -2.67. The van der Waals surface area contributed by atoms with Crippen LogP contribution in [0.25, 0.3) is 0 Å². The number of benzene rings is 2. The third kappa shape index (κ3) is 3.79. The first-order valence-corrected chi connectivity index (χ1v) is 11.4. The van der Waals surface area contributed by atoms with Gasteiger partial charge in [-0.25, -0.2) is 0 Å². The number of aliphatic hydroxyl groups excluding tert-OH is 1. The number of ether oxygens (including phenoxy) is 1. The minimum Gasteiger partial charge on any atom is -0.405 e. The maximum Gasteiger partial charge on any atom is 0.261 e. The third-order valence-corrected chi connectivity index (χ3v) is 10.3. The molecule has 1 aliphatic rings. The minimum atomic E-state index is -2.55. The van der Waals surface area contributed by atoms with Gasteiger partial charge in [0, 0.05) is 6.61 Å². The van der Waals surface area contributed by atoms with Crippen molar-refractivity contribution in [3.05, 3.63) is 60.7 Å². The van der Waals surface area contributed by atoms with E-state index in [9.17, 15) is 5.11 Å². The Kier molecular flexibility index (Phi) is 5.98. The van der Waals surface area contributed by atoms with Crippen molar-refractivity contribution in [1.29, 1.82) is 0 Å².